The SMILES string of the molecule is O=c1[nH]ncc(NCC(O)COc2ccc(C(F)(F)F)cc2)c1Cl. The highest BCUT2D eigenvalue weighted by molar-refractivity contribution is 6.32. The molecule has 0 saturated heterocycles. The zero-order chi connectivity index (χ0) is 17.7. The normalized spacial score (nSPS) is 12.7. The van der Waals surface area contributed by atoms with Crippen molar-refractivity contribution in [3.05, 3.63) is 51.4 Å². The lowest BCUT2D eigenvalue weighted by Crippen LogP contribution is -2.27. The highest BCUT2D eigenvalue weighted by Gasteiger charge is 2.30. The number of H-pyrrole nitrogens is 1. The minimum atomic E-state index is -4.41. The lowest BCUT2D eigenvalue weighted by molar-refractivity contribution is -0.137. The quantitative estimate of drug-likeness (QED) is 0.733. The van der Waals surface area contributed by atoms with Gasteiger partial charge in [0.05, 0.1) is 17.4 Å². The summed E-state index contributed by atoms with van der Waals surface area (Å²) in [6, 6.07) is 4.12. The monoisotopic (exact) mass is 363 g/mol. The smallest absolute Gasteiger partial charge is 0.416 e. The van der Waals surface area contributed by atoms with E-state index in [-0.39, 0.29) is 29.6 Å². The van der Waals surface area contributed by atoms with Crippen molar-refractivity contribution in [2.75, 3.05) is 18.5 Å². The van der Waals surface area contributed by atoms with E-state index in [4.69, 9.17) is 16.3 Å². The Morgan fingerprint density at radius 3 is 2.62 bits per heavy atom. The highest BCUT2D eigenvalue weighted by atomic mass is 35.5. The molecule has 0 amide bonds. The van der Waals surface area contributed by atoms with Crippen molar-refractivity contribution >= 4 is 17.3 Å². The number of ether oxygens (including phenoxy) is 1. The van der Waals surface area contributed by atoms with Gasteiger partial charge in [0.15, 0.2) is 0 Å². The summed E-state index contributed by atoms with van der Waals surface area (Å²) in [5, 5.41) is 18.1. The Morgan fingerprint density at radius 2 is 2.00 bits per heavy atom. The number of hydrogen-bond donors (Lipinski definition) is 3. The summed E-state index contributed by atoms with van der Waals surface area (Å²) in [5.74, 6) is 0.193. The molecule has 1 aromatic heterocycles. The van der Waals surface area contributed by atoms with E-state index < -0.39 is 23.4 Å². The number of aliphatic hydroxyl groups is 1. The summed E-state index contributed by atoms with van der Waals surface area (Å²) in [7, 11) is 0. The number of aromatic nitrogens is 2. The molecule has 3 N–H and O–H groups in total. The van der Waals surface area contributed by atoms with Crippen LogP contribution >= 0.6 is 11.6 Å². The van der Waals surface area contributed by atoms with Gasteiger partial charge in [-0.1, -0.05) is 11.6 Å². The minimum absolute atomic E-state index is 0.00544. The first-order valence-electron chi connectivity index (χ1n) is 6.72. The number of anilines is 1. The van der Waals surface area contributed by atoms with Gasteiger partial charge in [0.1, 0.15) is 23.5 Å². The molecule has 0 aliphatic carbocycles. The lowest BCUT2D eigenvalue weighted by atomic mass is 10.2. The fourth-order valence-electron chi connectivity index (χ4n) is 1.73. The fourth-order valence-corrected chi connectivity index (χ4v) is 1.88. The molecular formula is C14H13ClF3N3O3. The third kappa shape index (κ3) is 4.87. The summed E-state index contributed by atoms with van der Waals surface area (Å²) >= 11 is 5.75. The van der Waals surface area contributed by atoms with Crippen molar-refractivity contribution in [3.8, 4) is 5.75 Å². The van der Waals surface area contributed by atoms with Crippen LogP contribution in [0.5, 0.6) is 5.75 Å². The highest BCUT2D eigenvalue weighted by Crippen LogP contribution is 2.30. The topological polar surface area (TPSA) is 87.2 Å². The second-order valence-electron chi connectivity index (χ2n) is 4.79. The van der Waals surface area contributed by atoms with E-state index in [1.165, 1.54) is 18.3 Å². The third-order valence-electron chi connectivity index (χ3n) is 2.95. The van der Waals surface area contributed by atoms with Crippen LogP contribution in [0.4, 0.5) is 18.9 Å². The lowest BCUT2D eigenvalue weighted by Gasteiger charge is -2.14. The average Bonchev–Trinajstić information content (AvgIpc) is 2.54. The summed E-state index contributed by atoms with van der Waals surface area (Å²) < 4.78 is 42.5. The van der Waals surface area contributed by atoms with Gasteiger partial charge >= 0.3 is 6.18 Å². The average molecular weight is 364 g/mol. The minimum Gasteiger partial charge on any atom is -0.491 e. The molecule has 1 aromatic carbocycles. The van der Waals surface area contributed by atoms with Crippen LogP contribution < -0.4 is 15.6 Å². The van der Waals surface area contributed by atoms with Crippen molar-refractivity contribution in [2.24, 2.45) is 0 Å². The molecule has 0 aliphatic heterocycles. The molecule has 0 saturated carbocycles. The number of alkyl halides is 3. The Hall–Kier alpha value is -2.26. The van der Waals surface area contributed by atoms with Crippen LogP contribution in [0.15, 0.2) is 35.3 Å². The van der Waals surface area contributed by atoms with Crippen molar-refractivity contribution in [2.45, 2.75) is 12.3 Å². The second kappa shape index (κ2) is 7.54. The zero-order valence-corrected chi connectivity index (χ0v) is 12.9. The Kier molecular flexibility index (Phi) is 5.68. The molecule has 0 spiro atoms. The largest absolute Gasteiger partial charge is 0.491 e. The molecule has 1 heterocycles. The number of halogens is 4. The predicted octanol–water partition coefficient (Wildman–Crippen LogP) is 2.29. The molecular weight excluding hydrogens is 351 g/mol. The summed E-state index contributed by atoms with van der Waals surface area (Å²) in [6.45, 7) is -0.155. The van der Waals surface area contributed by atoms with Gasteiger partial charge in [-0.15, -0.1) is 0 Å². The van der Waals surface area contributed by atoms with E-state index in [1.54, 1.807) is 0 Å². The first kappa shape index (κ1) is 18.1. The van der Waals surface area contributed by atoms with Crippen LogP contribution in [0, 0.1) is 0 Å². The molecule has 10 heteroatoms. The van der Waals surface area contributed by atoms with Gasteiger partial charge < -0.3 is 15.2 Å². The third-order valence-corrected chi connectivity index (χ3v) is 3.32. The molecule has 2 rings (SSSR count). The van der Waals surface area contributed by atoms with Gasteiger partial charge in [-0.25, -0.2) is 5.10 Å². The molecule has 6 nitrogen and oxygen atoms in total. The Labute approximate surface area is 139 Å². The van der Waals surface area contributed by atoms with Crippen LogP contribution in [0.1, 0.15) is 5.56 Å². The van der Waals surface area contributed by atoms with Crippen molar-refractivity contribution in [1.29, 1.82) is 0 Å². The number of nitrogens with zero attached hydrogens (tertiary/aromatic N) is 1. The maximum absolute atomic E-state index is 12.4. The number of aliphatic hydroxyl groups excluding tert-OH is 1. The van der Waals surface area contributed by atoms with Gasteiger partial charge in [0.25, 0.3) is 5.56 Å². The summed E-state index contributed by atoms with van der Waals surface area (Å²) in [6.07, 6.45) is -4.11. The molecule has 130 valence electrons. The van der Waals surface area contributed by atoms with Crippen LogP contribution in [-0.2, 0) is 6.18 Å². The van der Waals surface area contributed by atoms with Gasteiger partial charge in [0, 0.05) is 6.54 Å². The van der Waals surface area contributed by atoms with Crippen LogP contribution in [0.2, 0.25) is 5.02 Å². The van der Waals surface area contributed by atoms with Crippen molar-refractivity contribution in [3.63, 3.8) is 0 Å². The molecule has 0 aliphatic rings. The molecule has 1 atom stereocenters. The standard InChI is InChI=1S/C14H13ClF3N3O3/c15-12-11(6-20-21-13(12)23)19-5-9(22)7-24-10-3-1-8(2-4-10)14(16,17)18/h1-4,6,9,22H,5,7H2,(H2,19,21,23). The predicted molar refractivity (Wildman–Crippen MR) is 81.3 cm³/mol. The Morgan fingerprint density at radius 1 is 1.33 bits per heavy atom. The number of aromatic amines is 1. The number of benzene rings is 1. The van der Waals surface area contributed by atoms with E-state index >= 15 is 0 Å². The maximum atomic E-state index is 12.4. The molecule has 24 heavy (non-hydrogen) atoms. The molecule has 0 radical (unpaired) electrons. The van der Waals surface area contributed by atoms with Crippen molar-refractivity contribution in [1.82, 2.24) is 10.2 Å². The zero-order valence-electron chi connectivity index (χ0n) is 12.1. The summed E-state index contributed by atoms with van der Waals surface area (Å²) in [4.78, 5) is 11.2. The molecule has 1 unspecified atom stereocenters. The Bertz CT molecular complexity index is 735. The van der Waals surface area contributed by atoms with E-state index in [2.05, 4.69) is 15.5 Å². The summed E-state index contributed by atoms with van der Waals surface area (Å²) in [5.41, 5.74) is -1.11. The van der Waals surface area contributed by atoms with Gasteiger partial charge in [-0.2, -0.15) is 18.3 Å². The van der Waals surface area contributed by atoms with E-state index in [9.17, 15) is 23.1 Å². The van der Waals surface area contributed by atoms with E-state index in [0.29, 0.717) is 0 Å². The van der Waals surface area contributed by atoms with Gasteiger partial charge in [-0.05, 0) is 24.3 Å². The van der Waals surface area contributed by atoms with Crippen LogP contribution in [0.25, 0.3) is 0 Å². The Balaban J connectivity index is 1.84. The first-order valence-corrected chi connectivity index (χ1v) is 7.10. The molecule has 2 aromatic rings. The number of hydrogen-bond acceptors (Lipinski definition) is 5. The van der Waals surface area contributed by atoms with Crippen molar-refractivity contribution < 1.29 is 23.0 Å². The van der Waals surface area contributed by atoms with E-state index in [0.717, 1.165) is 12.1 Å². The maximum Gasteiger partial charge on any atom is 0.416 e. The van der Waals surface area contributed by atoms with Gasteiger partial charge in [0.2, 0.25) is 0 Å². The number of rotatable bonds is 6. The van der Waals surface area contributed by atoms with Crippen LogP contribution in [-0.4, -0.2) is 34.6 Å². The van der Waals surface area contributed by atoms with E-state index in [1.807, 2.05) is 0 Å². The van der Waals surface area contributed by atoms with Crippen LogP contribution in [0.3, 0.4) is 0 Å². The second-order valence-corrected chi connectivity index (χ2v) is 5.17. The molecule has 0 bridgehead atoms. The van der Waals surface area contributed by atoms with Gasteiger partial charge in [-0.3, -0.25) is 4.79 Å². The molecule has 0 fully saturated rings. The number of nitrogens with one attached hydrogen (secondary N) is 2. The fraction of sp³-hybridized carbons (Fsp3) is 0.286. The first-order chi connectivity index (χ1) is 11.3.